The molecule has 90 valence electrons. The van der Waals surface area contributed by atoms with E-state index in [1.165, 1.54) is 64.3 Å². The zero-order chi connectivity index (χ0) is 11.0. The van der Waals surface area contributed by atoms with E-state index in [0.29, 0.717) is 5.54 Å². The van der Waals surface area contributed by atoms with Gasteiger partial charge < -0.3 is 5.32 Å². The molecule has 15 heavy (non-hydrogen) atoms. The summed E-state index contributed by atoms with van der Waals surface area (Å²) in [6, 6.07) is 0. The molecule has 0 atom stereocenters. The Labute approximate surface area is 100.0 Å². The van der Waals surface area contributed by atoms with E-state index in [2.05, 4.69) is 12.2 Å². The van der Waals surface area contributed by atoms with Crippen LogP contribution in [-0.4, -0.2) is 18.0 Å². The van der Waals surface area contributed by atoms with Crippen LogP contribution in [0.4, 0.5) is 0 Å². The SMILES string of the molecule is CCCCCCCCNC1(CCl)CCC1. The highest BCUT2D eigenvalue weighted by atomic mass is 35.5. The quantitative estimate of drug-likeness (QED) is 0.466. The van der Waals surface area contributed by atoms with Crippen LogP contribution in [0.3, 0.4) is 0 Å². The van der Waals surface area contributed by atoms with Crippen LogP contribution in [0.25, 0.3) is 0 Å². The summed E-state index contributed by atoms with van der Waals surface area (Å²) < 4.78 is 0. The van der Waals surface area contributed by atoms with Crippen LogP contribution >= 0.6 is 11.6 Å². The topological polar surface area (TPSA) is 12.0 Å². The number of unbranched alkanes of at least 4 members (excludes halogenated alkanes) is 5. The predicted octanol–water partition coefficient (Wildman–Crippen LogP) is 4.10. The molecule has 0 heterocycles. The van der Waals surface area contributed by atoms with Gasteiger partial charge in [0.15, 0.2) is 0 Å². The summed E-state index contributed by atoms with van der Waals surface area (Å²) in [6.45, 7) is 3.43. The van der Waals surface area contributed by atoms with Gasteiger partial charge in [0.05, 0.1) is 0 Å². The lowest BCUT2D eigenvalue weighted by Crippen LogP contribution is -2.52. The van der Waals surface area contributed by atoms with Crippen molar-refractivity contribution in [3.8, 4) is 0 Å². The maximum atomic E-state index is 5.98. The molecule has 0 bridgehead atoms. The molecule has 0 aromatic rings. The summed E-state index contributed by atoms with van der Waals surface area (Å²) >= 11 is 5.98. The van der Waals surface area contributed by atoms with Gasteiger partial charge in [-0.25, -0.2) is 0 Å². The van der Waals surface area contributed by atoms with E-state index in [0.717, 1.165) is 5.88 Å². The largest absolute Gasteiger partial charge is 0.310 e. The van der Waals surface area contributed by atoms with Crippen LogP contribution < -0.4 is 5.32 Å². The molecule has 0 saturated heterocycles. The average Bonchev–Trinajstić information content (AvgIpc) is 2.20. The Morgan fingerprint density at radius 1 is 1.07 bits per heavy atom. The molecular formula is C13H26ClN. The van der Waals surface area contributed by atoms with Gasteiger partial charge in [0.25, 0.3) is 0 Å². The molecule has 1 fully saturated rings. The molecule has 1 N–H and O–H groups in total. The Morgan fingerprint density at radius 3 is 2.27 bits per heavy atom. The number of hydrogen-bond acceptors (Lipinski definition) is 1. The highest BCUT2D eigenvalue weighted by Gasteiger charge is 2.34. The van der Waals surface area contributed by atoms with Crippen molar-refractivity contribution in [1.82, 2.24) is 5.32 Å². The highest BCUT2D eigenvalue weighted by Crippen LogP contribution is 2.32. The van der Waals surface area contributed by atoms with Gasteiger partial charge in [-0.3, -0.25) is 0 Å². The highest BCUT2D eigenvalue weighted by molar-refractivity contribution is 6.18. The summed E-state index contributed by atoms with van der Waals surface area (Å²) in [4.78, 5) is 0. The maximum absolute atomic E-state index is 5.98. The van der Waals surface area contributed by atoms with Crippen molar-refractivity contribution in [3.63, 3.8) is 0 Å². The molecule has 2 heteroatoms. The van der Waals surface area contributed by atoms with Crippen LogP contribution in [-0.2, 0) is 0 Å². The van der Waals surface area contributed by atoms with E-state index in [1.54, 1.807) is 0 Å². The zero-order valence-electron chi connectivity index (χ0n) is 10.2. The van der Waals surface area contributed by atoms with Crippen LogP contribution in [0.5, 0.6) is 0 Å². The zero-order valence-corrected chi connectivity index (χ0v) is 10.9. The monoisotopic (exact) mass is 231 g/mol. The van der Waals surface area contributed by atoms with E-state index in [1.807, 2.05) is 0 Å². The van der Waals surface area contributed by atoms with Gasteiger partial charge in [-0.05, 0) is 32.2 Å². The van der Waals surface area contributed by atoms with Gasteiger partial charge in [-0.1, -0.05) is 39.0 Å². The molecule has 1 aliphatic rings. The number of halogens is 1. The fourth-order valence-corrected chi connectivity index (χ4v) is 2.58. The van der Waals surface area contributed by atoms with E-state index in [4.69, 9.17) is 11.6 Å². The first kappa shape index (κ1) is 13.3. The molecule has 1 aliphatic carbocycles. The van der Waals surface area contributed by atoms with E-state index in [9.17, 15) is 0 Å². The van der Waals surface area contributed by atoms with Crippen LogP contribution in [0.1, 0.15) is 64.7 Å². The number of nitrogens with one attached hydrogen (secondary N) is 1. The summed E-state index contributed by atoms with van der Waals surface area (Å²) in [5.41, 5.74) is 0.324. The lowest BCUT2D eigenvalue weighted by molar-refractivity contribution is 0.212. The summed E-state index contributed by atoms with van der Waals surface area (Å²) in [6.07, 6.45) is 12.2. The Balaban J connectivity index is 1.88. The second kappa shape index (κ2) is 7.51. The fraction of sp³-hybridized carbons (Fsp3) is 1.00. The molecule has 0 radical (unpaired) electrons. The lowest BCUT2D eigenvalue weighted by Gasteiger charge is -2.41. The first-order valence-corrected chi connectivity index (χ1v) is 7.17. The Bertz CT molecular complexity index is 149. The molecule has 1 rings (SSSR count). The number of alkyl halides is 1. The van der Waals surface area contributed by atoms with Gasteiger partial charge in [0, 0.05) is 11.4 Å². The third kappa shape index (κ3) is 4.74. The Kier molecular flexibility index (Phi) is 6.67. The smallest absolute Gasteiger partial charge is 0.0406 e. The second-order valence-electron chi connectivity index (χ2n) is 4.96. The third-order valence-electron chi connectivity index (χ3n) is 3.60. The van der Waals surface area contributed by atoms with Crippen LogP contribution in [0.15, 0.2) is 0 Å². The van der Waals surface area contributed by atoms with Crippen molar-refractivity contribution in [3.05, 3.63) is 0 Å². The van der Waals surface area contributed by atoms with Gasteiger partial charge in [-0.15, -0.1) is 11.6 Å². The minimum atomic E-state index is 0.324. The molecule has 0 aromatic carbocycles. The predicted molar refractivity (Wildman–Crippen MR) is 68.7 cm³/mol. The first-order valence-electron chi connectivity index (χ1n) is 6.64. The van der Waals surface area contributed by atoms with Gasteiger partial charge >= 0.3 is 0 Å². The molecule has 0 spiro atoms. The van der Waals surface area contributed by atoms with E-state index >= 15 is 0 Å². The average molecular weight is 232 g/mol. The molecule has 1 saturated carbocycles. The minimum absolute atomic E-state index is 0.324. The van der Waals surface area contributed by atoms with Gasteiger partial charge in [0.1, 0.15) is 0 Å². The van der Waals surface area contributed by atoms with E-state index in [-0.39, 0.29) is 0 Å². The normalized spacial score (nSPS) is 18.8. The molecule has 0 unspecified atom stereocenters. The Hall–Kier alpha value is 0.250. The first-order chi connectivity index (χ1) is 7.33. The third-order valence-corrected chi connectivity index (χ3v) is 4.11. The van der Waals surface area contributed by atoms with Crippen molar-refractivity contribution < 1.29 is 0 Å². The minimum Gasteiger partial charge on any atom is -0.310 e. The standard InChI is InChI=1S/C13H26ClN/c1-2-3-4-5-6-7-11-15-13(12-14)9-8-10-13/h15H,2-12H2,1H3. The maximum Gasteiger partial charge on any atom is 0.0406 e. The number of rotatable bonds is 9. The summed E-state index contributed by atoms with van der Waals surface area (Å²) in [7, 11) is 0. The molecule has 0 amide bonds. The van der Waals surface area contributed by atoms with Crippen molar-refractivity contribution >= 4 is 11.6 Å². The van der Waals surface area contributed by atoms with Crippen molar-refractivity contribution in [1.29, 1.82) is 0 Å². The van der Waals surface area contributed by atoms with E-state index < -0.39 is 0 Å². The number of hydrogen-bond donors (Lipinski definition) is 1. The van der Waals surface area contributed by atoms with Crippen molar-refractivity contribution in [2.75, 3.05) is 12.4 Å². The Morgan fingerprint density at radius 2 is 1.73 bits per heavy atom. The van der Waals surface area contributed by atoms with Crippen LogP contribution in [0, 0.1) is 0 Å². The van der Waals surface area contributed by atoms with Crippen LogP contribution in [0.2, 0.25) is 0 Å². The molecule has 1 nitrogen and oxygen atoms in total. The summed E-state index contributed by atoms with van der Waals surface area (Å²) in [5, 5.41) is 3.64. The van der Waals surface area contributed by atoms with Crippen molar-refractivity contribution in [2.24, 2.45) is 0 Å². The second-order valence-corrected chi connectivity index (χ2v) is 5.23. The van der Waals surface area contributed by atoms with Crippen molar-refractivity contribution in [2.45, 2.75) is 70.3 Å². The van der Waals surface area contributed by atoms with Gasteiger partial charge in [-0.2, -0.15) is 0 Å². The molecule has 0 aliphatic heterocycles. The van der Waals surface area contributed by atoms with Gasteiger partial charge in [0.2, 0.25) is 0 Å². The molecular weight excluding hydrogens is 206 g/mol. The fourth-order valence-electron chi connectivity index (χ4n) is 2.22. The lowest BCUT2D eigenvalue weighted by atomic mass is 9.78. The molecule has 0 aromatic heterocycles. The summed E-state index contributed by atoms with van der Waals surface area (Å²) in [5.74, 6) is 0.794.